The highest BCUT2D eigenvalue weighted by atomic mass is 16.5. The summed E-state index contributed by atoms with van der Waals surface area (Å²) in [6.45, 7) is 3.35. The Bertz CT molecular complexity index is 1040. The van der Waals surface area contributed by atoms with Crippen molar-refractivity contribution in [3.05, 3.63) is 65.7 Å². The van der Waals surface area contributed by atoms with Crippen molar-refractivity contribution in [1.82, 2.24) is 10.2 Å². The van der Waals surface area contributed by atoms with Crippen LogP contribution < -0.4 is 10.1 Å². The topological polar surface area (TPSA) is 67.9 Å². The summed E-state index contributed by atoms with van der Waals surface area (Å²) in [6, 6.07) is 18.5. The Labute approximate surface area is 221 Å². The number of carbonyl (C=O) groups excluding carboxylic acids is 2. The van der Waals surface area contributed by atoms with Crippen molar-refractivity contribution in [1.29, 1.82) is 0 Å². The average Bonchev–Trinajstić information content (AvgIpc) is 2.88. The van der Waals surface area contributed by atoms with Gasteiger partial charge in [0.2, 0.25) is 5.91 Å². The fourth-order valence-corrected chi connectivity index (χ4v) is 6.49. The normalized spacial score (nSPS) is 25.8. The van der Waals surface area contributed by atoms with Crippen molar-refractivity contribution in [3.8, 4) is 5.75 Å². The van der Waals surface area contributed by atoms with E-state index in [1.807, 2.05) is 24.3 Å². The molecule has 6 heteroatoms. The van der Waals surface area contributed by atoms with E-state index in [4.69, 9.17) is 9.47 Å². The molecule has 4 rings (SSSR count). The predicted molar refractivity (Wildman–Crippen MR) is 146 cm³/mol. The second-order valence-electron chi connectivity index (χ2n) is 10.9. The van der Waals surface area contributed by atoms with Crippen LogP contribution in [0.3, 0.4) is 0 Å². The van der Waals surface area contributed by atoms with E-state index in [0.717, 1.165) is 58.0 Å². The quantitative estimate of drug-likeness (QED) is 0.282. The number of esters is 1. The van der Waals surface area contributed by atoms with Crippen molar-refractivity contribution in [2.75, 3.05) is 27.2 Å². The summed E-state index contributed by atoms with van der Waals surface area (Å²) in [5.41, 5.74) is 2.39. The number of fused-ring (bicyclic) bond motifs is 1. The van der Waals surface area contributed by atoms with Gasteiger partial charge >= 0.3 is 5.97 Å². The first-order valence-electron chi connectivity index (χ1n) is 13.7. The van der Waals surface area contributed by atoms with Gasteiger partial charge in [0.1, 0.15) is 5.75 Å². The Morgan fingerprint density at radius 2 is 1.89 bits per heavy atom. The molecule has 1 heterocycles. The van der Waals surface area contributed by atoms with Crippen LogP contribution in [0.5, 0.6) is 5.75 Å². The molecule has 0 spiro atoms. The van der Waals surface area contributed by atoms with Crippen LogP contribution in [0.15, 0.2) is 54.6 Å². The molecule has 1 aliphatic carbocycles. The highest BCUT2D eigenvalue weighted by molar-refractivity contribution is 5.76. The van der Waals surface area contributed by atoms with Gasteiger partial charge in [-0.1, -0.05) is 48.9 Å². The zero-order valence-corrected chi connectivity index (χ0v) is 22.6. The largest absolute Gasteiger partial charge is 0.427 e. The number of hydrogen-bond donors (Lipinski definition) is 1. The van der Waals surface area contributed by atoms with Gasteiger partial charge in [-0.05, 0) is 75.4 Å². The van der Waals surface area contributed by atoms with Crippen LogP contribution in [-0.2, 0) is 26.2 Å². The lowest BCUT2D eigenvalue weighted by Crippen LogP contribution is -2.60. The Morgan fingerprint density at radius 3 is 2.65 bits per heavy atom. The van der Waals surface area contributed by atoms with Crippen LogP contribution in [0.2, 0.25) is 0 Å². The number of methoxy groups -OCH3 is 1. The number of nitrogens with zero attached hydrogens (tertiary/aromatic N) is 1. The molecule has 0 radical (unpaired) electrons. The Kier molecular flexibility index (Phi) is 9.38. The van der Waals surface area contributed by atoms with E-state index in [1.54, 1.807) is 7.11 Å². The van der Waals surface area contributed by atoms with E-state index in [0.29, 0.717) is 18.1 Å². The Morgan fingerprint density at radius 1 is 1.08 bits per heavy atom. The van der Waals surface area contributed by atoms with E-state index in [1.165, 1.54) is 18.1 Å². The van der Waals surface area contributed by atoms with Crippen LogP contribution in [0.25, 0.3) is 0 Å². The third-order valence-corrected chi connectivity index (χ3v) is 8.28. The minimum Gasteiger partial charge on any atom is -0.427 e. The van der Waals surface area contributed by atoms with E-state index in [-0.39, 0.29) is 29.4 Å². The van der Waals surface area contributed by atoms with E-state index >= 15 is 0 Å². The number of ether oxygens (including phenoxy) is 2. The lowest BCUT2D eigenvalue weighted by Gasteiger charge is -2.55. The number of nitrogens with one attached hydrogen (secondary N) is 1. The van der Waals surface area contributed by atoms with Crippen LogP contribution in [-0.4, -0.2) is 56.2 Å². The van der Waals surface area contributed by atoms with Gasteiger partial charge in [-0.15, -0.1) is 0 Å². The minimum atomic E-state index is -0.318. The summed E-state index contributed by atoms with van der Waals surface area (Å²) in [4.78, 5) is 26.9. The van der Waals surface area contributed by atoms with Crippen molar-refractivity contribution in [2.45, 2.75) is 75.9 Å². The molecule has 0 bridgehead atoms. The summed E-state index contributed by atoms with van der Waals surface area (Å²) in [7, 11) is 3.95. The Balaban J connectivity index is 1.41. The lowest BCUT2D eigenvalue weighted by molar-refractivity contribution is -0.132. The van der Waals surface area contributed by atoms with Crippen molar-refractivity contribution in [3.63, 3.8) is 0 Å². The zero-order valence-electron chi connectivity index (χ0n) is 22.6. The minimum absolute atomic E-state index is 0.0463. The molecular weight excluding hydrogens is 464 g/mol. The predicted octanol–water partition coefficient (Wildman–Crippen LogP) is 4.90. The highest BCUT2D eigenvalue weighted by Gasteiger charge is 2.52. The maximum Gasteiger partial charge on any atom is 0.308 e. The van der Waals surface area contributed by atoms with Gasteiger partial charge in [0.15, 0.2) is 0 Å². The Hall–Kier alpha value is -2.70. The highest BCUT2D eigenvalue weighted by Crippen LogP contribution is 2.50. The zero-order chi connectivity index (χ0) is 26.3. The van der Waals surface area contributed by atoms with Crippen LogP contribution in [0.4, 0.5) is 0 Å². The molecule has 200 valence electrons. The summed E-state index contributed by atoms with van der Waals surface area (Å²) >= 11 is 0. The van der Waals surface area contributed by atoms with Gasteiger partial charge in [-0.3, -0.25) is 9.59 Å². The first kappa shape index (κ1) is 27.3. The molecule has 1 saturated carbocycles. The number of likely N-dealkylation sites (tertiary alicyclic amines) is 1. The number of aryl methyl sites for hydroxylation is 1. The molecule has 1 unspecified atom stereocenters. The van der Waals surface area contributed by atoms with Crippen molar-refractivity contribution in [2.24, 2.45) is 5.92 Å². The molecule has 0 aromatic heterocycles. The number of carbonyl (C=O) groups is 2. The van der Waals surface area contributed by atoms with E-state index in [9.17, 15) is 9.59 Å². The fraction of sp³-hybridized carbons (Fsp3) is 0.548. The van der Waals surface area contributed by atoms with Gasteiger partial charge in [0.05, 0.1) is 6.10 Å². The van der Waals surface area contributed by atoms with E-state index < -0.39 is 0 Å². The SMILES string of the molecule is COC1C[C@H](NC(=O)CCCCCc2ccccc2)C[C@]2(c3cccc(OC(C)=O)c3)CCN(C)C[C@@H]12. The second kappa shape index (κ2) is 12.7. The number of hydrogen-bond acceptors (Lipinski definition) is 5. The van der Waals surface area contributed by atoms with Gasteiger partial charge in [0, 0.05) is 44.4 Å². The molecule has 2 aliphatic rings. The van der Waals surface area contributed by atoms with Gasteiger partial charge in [-0.25, -0.2) is 0 Å². The number of amides is 1. The van der Waals surface area contributed by atoms with Crippen LogP contribution >= 0.6 is 0 Å². The second-order valence-corrected chi connectivity index (χ2v) is 10.9. The summed E-state index contributed by atoms with van der Waals surface area (Å²) in [5.74, 6) is 0.694. The maximum atomic E-state index is 13.0. The molecule has 4 atom stereocenters. The van der Waals surface area contributed by atoms with Crippen LogP contribution in [0.1, 0.15) is 63.0 Å². The number of piperidine rings is 1. The molecular formula is C31H42N2O4. The molecule has 2 aromatic rings. The van der Waals surface area contributed by atoms with Gasteiger partial charge in [-0.2, -0.15) is 0 Å². The van der Waals surface area contributed by atoms with Gasteiger partial charge in [0.25, 0.3) is 0 Å². The average molecular weight is 507 g/mol. The molecule has 1 N–H and O–H groups in total. The molecule has 1 aliphatic heterocycles. The number of unbranched alkanes of at least 4 members (excludes halogenated alkanes) is 2. The fourth-order valence-electron chi connectivity index (χ4n) is 6.49. The smallest absolute Gasteiger partial charge is 0.308 e. The monoisotopic (exact) mass is 506 g/mol. The summed E-state index contributed by atoms with van der Waals surface area (Å²) < 4.78 is 11.5. The summed E-state index contributed by atoms with van der Waals surface area (Å²) in [5, 5.41) is 3.36. The van der Waals surface area contributed by atoms with Crippen LogP contribution in [0, 0.1) is 5.92 Å². The summed E-state index contributed by atoms with van der Waals surface area (Å²) in [6.07, 6.45) is 7.39. The van der Waals surface area contributed by atoms with E-state index in [2.05, 4.69) is 47.6 Å². The molecule has 1 saturated heterocycles. The maximum absolute atomic E-state index is 13.0. The van der Waals surface area contributed by atoms with Crippen molar-refractivity contribution >= 4 is 11.9 Å². The molecule has 37 heavy (non-hydrogen) atoms. The van der Waals surface area contributed by atoms with Crippen molar-refractivity contribution < 1.29 is 19.1 Å². The lowest BCUT2D eigenvalue weighted by atomic mass is 9.57. The molecule has 2 fully saturated rings. The first-order valence-corrected chi connectivity index (χ1v) is 13.7. The standard InChI is InChI=1S/C31H42N2O4/c1-23(34)37-27-15-10-14-25(19-27)31-17-18-33(2)22-28(31)29(36-3)20-26(21-31)32-30(35)16-9-5-8-13-24-11-6-4-7-12-24/h4,6-7,10-12,14-15,19,26,28-29H,5,8-9,13,16-18,20-22H2,1-3H3,(H,32,35)/t26-,28-,29?,31-/m0/s1. The number of benzene rings is 2. The molecule has 6 nitrogen and oxygen atoms in total. The third kappa shape index (κ3) is 6.99. The molecule has 2 aromatic carbocycles. The molecule has 1 amide bonds. The van der Waals surface area contributed by atoms with Gasteiger partial charge < -0.3 is 19.7 Å². The number of rotatable bonds is 10. The first-order chi connectivity index (χ1) is 17.9. The third-order valence-electron chi connectivity index (χ3n) is 8.28.